The summed E-state index contributed by atoms with van der Waals surface area (Å²) in [6.45, 7) is 3.56. The van der Waals surface area contributed by atoms with Crippen LogP contribution in [0.1, 0.15) is 11.1 Å². The van der Waals surface area contributed by atoms with E-state index in [4.69, 9.17) is 16.1 Å². The van der Waals surface area contributed by atoms with Gasteiger partial charge in [-0.2, -0.15) is 4.98 Å². The van der Waals surface area contributed by atoms with Crippen LogP contribution in [-0.2, 0) is 11.3 Å². The maximum Gasteiger partial charge on any atom is 0.350 e. The molecule has 3 heterocycles. The number of carbonyl (C=O) groups excluding carboxylic acids is 1. The first-order valence-electron chi connectivity index (χ1n) is 10.4. The number of carbonyl (C=O) groups is 1. The molecule has 3 aromatic heterocycles. The molecular formula is C24H19ClN6O3. The largest absolute Gasteiger partial charge is 0.350 e. The number of amides is 1. The highest BCUT2D eigenvalue weighted by molar-refractivity contribution is 6.31. The molecule has 5 rings (SSSR count). The lowest BCUT2D eigenvalue weighted by Gasteiger charge is -2.08. The van der Waals surface area contributed by atoms with Crippen molar-refractivity contribution in [2.45, 2.75) is 20.4 Å². The van der Waals surface area contributed by atoms with E-state index in [-0.39, 0.29) is 12.4 Å². The van der Waals surface area contributed by atoms with Crippen LogP contribution in [0.5, 0.6) is 0 Å². The molecule has 170 valence electrons. The van der Waals surface area contributed by atoms with Crippen LogP contribution in [0, 0.1) is 13.8 Å². The third-order valence-corrected chi connectivity index (χ3v) is 5.54. The molecule has 0 spiro atoms. The Morgan fingerprint density at radius 3 is 2.79 bits per heavy atom. The predicted molar refractivity (Wildman–Crippen MR) is 128 cm³/mol. The zero-order valence-electron chi connectivity index (χ0n) is 18.3. The van der Waals surface area contributed by atoms with E-state index in [1.807, 2.05) is 38.1 Å². The molecule has 0 atom stereocenters. The second-order valence-corrected chi connectivity index (χ2v) is 8.29. The van der Waals surface area contributed by atoms with E-state index in [1.165, 1.54) is 4.40 Å². The Morgan fingerprint density at radius 2 is 1.97 bits per heavy atom. The second-order valence-electron chi connectivity index (χ2n) is 7.86. The number of nitrogens with zero attached hydrogens (tertiary/aromatic N) is 5. The maximum absolute atomic E-state index is 12.9. The van der Waals surface area contributed by atoms with E-state index in [0.717, 1.165) is 21.4 Å². The van der Waals surface area contributed by atoms with Crippen molar-refractivity contribution in [1.82, 2.24) is 24.3 Å². The smallest absolute Gasteiger partial charge is 0.333 e. The summed E-state index contributed by atoms with van der Waals surface area (Å²) < 4.78 is 7.90. The summed E-state index contributed by atoms with van der Waals surface area (Å²) in [5.41, 5.74) is 3.64. The Hall–Kier alpha value is -4.24. The van der Waals surface area contributed by atoms with Crippen molar-refractivity contribution in [1.29, 1.82) is 0 Å². The first kappa shape index (κ1) is 21.6. The molecule has 0 aliphatic carbocycles. The Balaban J connectivity index is 1.46. The number of rotatable bonds is 5. The Kier molecular flexibility index (Phi) is 5.46. The van der Waals surface area contributed by atoms with Crippen LogP contribution in [0.25, 0.3) is 28.5 Å². The molecule has 1 amide bonds. The minimum Gasteiger partial charge on any atom is -0.333 e. The van der Waals surface area contributed by atoms with E-state index in [0.29, 0.717) is 27.7 Å². The van der Waals surface area contributed by atoms with Crippen LogP contribution in [-0.4, -0.2) is 30.2 Å². The maximum atomic E-state index is 12.9. The second kappa shape index (κ2) is 8.60. The van der Waals surface area contributed by atoms with Crippen LogP contribution in [0.2, 0.25) is 5.02 Å². The number of hydrogen-bond donors (Lipinski definition) is 1. The molecule has 0 bridgehead atoms. The van der Waals surface area contributed by atoms with E-state index >= 15 is 0 Å². The molecule has 10 heteroatoms. The highest BCUT2D eigenvalue weighted by Crippen LogP contribution is 2.25. The van der Waals surface area contributed by atoms with E-state index in [2.05, 4.69) is 20.6 Å². The minimum atomic E-state index is -0.465. The molecule has 0 saturated carbocycles. The van der Waals surface area contributed by atoms with Crippen molar-refractivity contribution in [3.8, 4) is 22.8 Å². The summed E-state index contributed by atoms with van der Waals surface area (Å²) in [5, 5.41) is 11.7. The monoisotopic (exact) mass is 474 g/mol. The van der Waals surface area contributed by atoms with Gasteiger partial charge in [0.15, 0.2) is 5.65 Å². The average molecular weight is 475 g/mol. The molecule has 34 heavy (non-hydrogen) atoms. The van der Waals surface area contributed by atoms with Crippen molar-refractivity contribution in [3.05, 3.63) is 87.4 Å². The van der Waals surface area contributed by atoms with Gasteiger partial charge < -0.3 is 9.84 Å². The summed E-state index contributed by atoms with van der Waals surface area (Å²) in [7, 11) is 0. The topological polar surface area (TPSA) is 107 Å². The number of benzene rings is 2. The van der Waals surface area contributed by atoms with Crippen LogP contribution >= 0.6 is 11.6 Å². The summed E-state index contributed by atoms with van der Waals surface area (Å²) in [4.78, 5) is 30.0. The Labute approximate surface area is 198 Å². The van der Waals surface area contributed by atoms with E-state index in [9.17, 15) is 9.59 Å². The molecule has 0 fully saturated rings. The summed E-state index contributed by atoms with van der Waals surface area (Å²) >= 11 is 6.02. The molecule has 2 aromatic carbocycles. The number of halogens is 1. The molecule has 0 saturated heterocycles. The van der Waals surface area contributed by atoms with Gasteiger partial charge in [0.25, 0.3) is 5.89 Å². The van der Waals surface area contributed by atoms with Crippen molar-refractivity contribution < 1.29 is 9.32 Å². The van der Waals surface area contributed by atoms with Gasteiger partial charge in [-0.1, -0.05) is 46.6 Å². The number of aromatic nitrogens is 5. The zero-order valence-corrected chi connectivity index (χ0v) is 19.1. The molecule has 0 unspecified atom stereocenters. The van der Waals surface area contributed by atoms with Gasteiger partial charge in [0.1, 0.15) is 6.54 Å². The number of aryl methyl sites for hydroxylation is 2. The Morgan fingerprint density at radius 1 is 1.12 bits per heavy atom. The van der Waals surface area contributed by atoms with Crippen molar-refractivity contribution >= 4 is 28.8 Å². The SMILES string of the molecule is Cc1cccc(-c2noc(-c3cccn4c(=O)n(CC(=O)Nc5cc(Cl)ccc5C)nc34)n2)c1. The lowest BCUT2D eigenvalue weighted by Crippen LogP contribution is -2.28. The summed E-state index contributed by atoms with van der Waals surface area (Å²) in [5.74, 6) is 0.244. The lowest BCUT2D eigenvalue weighted by molar-refractivity contribution is -0.117. The standard InChI is InChI=1S/C24H19ClN6O3/c1-14-5-3-6-16(11-14)21-27-23(34-29-21)18-7-4-10-30-22(18)28-31(24(30)33)13-20(32)26-19-12-17(25)9-8-15(19)2/h3-12H,13H2,1-2H3,(H,26,32). The van der Waals surface area contributed by atoms with Crippen LogP contribution in [0.4, 0.5) is 5.69 Å². The van der Waals surface area contributed by atoms with Crippen molar-refractivity contribution in [3.63, 3.8) is 0 Å². The predicted octanol–water partition coefficient (Wildman–Crippen LogP) is 4.12. The number of fused-ring (bicyclic) bond motifs is 1. The first-order valence-corrected chi connectivity index (χ1v) is 10.8. The molecule has 5 aromatic rings. The molecule has 9 nitrogen and oxygen atoms in total. The van der Waals surface area contributed by atoms with Crippen LogP contribution < -0.4 is 11.0 Å². The number of nitrogens with one attached hydrogen (secondary N) is 1. The average Bonchev–Trinajstić information content (AvgIpc) is 3.42. The first-order chi connectivity index (χ1) is 16.4. The molecule has 0 aliphatic heterocycles. The number of hydrogen-bond acceptors (Lipinski definition) is 6. The van der Waals surface area contributed by atoms with Gasteiger partial charge in [0.05, 0.1) is 5.56 Å². The highest BCUT2D eigenvalue weighted by atomic mass is 35.5. The minimum absolute atomic E-state index is 0.221. The molecule has 0 radical (unpaired) electrons. The fourth-order valence-electron chi connectivity index (χ4n) is 3.60. The molecule has 1 N–H and O–H groups in total. The number of pyridine rings is 1. The van der Waals surface area contributed by atoms with Crippen molar-refractivity contribution in [2.24, 2.45) is 0 Å². The quantitative estimate of drug-likeness (QED) is 0.410. The summed E-state index contributed by atoms with van der Waals surface area (Å²) in [6.07, 6.45) is 1.57. The van der Waals surface area contributed by atoms with Gasteiger partial charge in [-0.15, -0.1) is 5.10 Å². The highest BCUT2D eigenvalue weighted by Gasteiger charge is 2.19. The van der Waals surface area contributed by atoms with Crippen LogP contribution in [0.3, 0.4) is 0 Å². The van der Waals surface area contributed by atoms with Gasteiger partial charge in [0.2, 0.25) is 11.7 Å². The van der Waals surface area contributed by atoms with Gasteiger partial charge in [-0.25, -0.2) is 13.9 Å². The normalized spacial score (nSPS) is 11.1. The fraction of sp³-hybridized carbons (Fsp3) is 0.125. The number of anilines is 1. The van der Waals surface area contributed by atoms with Gasteiger partial charge >= 0.3 is 5.69 Å². The summed E-state index contributed by atoms with van der Waals surface area (Å²) in [6, 6.07) is 16.3. The van der Waals surface area contributed by atoms with Gasteiger partial charge in [0, 0.05) is 22.5 Å². The van der Waals surface area contributed by atoms with Crippen molar-refractivity contribution in [2.75, 3.05) is 5.32 Å². The third-order valence-electron chi connectivity index (χ3n) is 5.31. The molecule has 0 aliphatic rings. The third kappa shape index (κ3) is 4.08. The van der Waals surface area contributed by atoms with Crippen LogP contribution in [0.15, 0.2) is 70.1 Å². The zero-order chi connectivity index (χ0) is 23.8. The Bertz CT molecular complexity index is 1600. The van der Waals surface area contributed by atoms with Gasteiger partial charge in [-0.3, -0.25) is 4.79 Å². The van der Waals surface area contributed by atoms with E-state index < -0.39 is 11.6 Å². The fourth-order valence-corrected chi connectivity index (χ4v) is 3.77. The lowest BCUT2D eigenvalue weighted by atomic mass is 10.1. The molecular weight excluding hydrogens is 456 g/mol. The van der Waals surface area contributed by atoms with Gasteiger partial charge in [-0.05, 0) is 49.7 Å². The van der Waals surface area contributed by atoms with E-state index in [1.54, 1.807) is 36.5 Å².